The minimum Gasteiger partial charge on any atom is -0.314 e. The van der Waals surface area contributed by atoms with Crippen molar-refractivity contribution in [3.8, 4) is 0 Å². The van der Waals surface area contributed by atoms with E-state index in [9.17, 15) is 0 Å². The van der Waals surface area contributed by atoms with E-state index in [2.05, 4.69) is 36.2 Å². The van der Waals surface area contributed by atoms with E-state index in [4.69, 9.17) is 0 Å². The predicted molar refractivity (Wildman–Crippen MR) is 73.7 cm³/mol. The zero-order chi connectivity index (χ0) is 12.4. The van der Waals surface area contributed by atoms with Crippen LogP contribution in [-0.2, 0) is 6.42 Å². The summed E-state index contributed by atoms with van der Waals surface area (Å²) in [5.41, 5.74) is 0.902. The molecule has 0 amide bonds. The van der Waals surface area contributed by atoms with Crippen molar-refractivity contribution >= 4 is 21.6 Å². The van der Waals surface area contributed by atoms with E-state index in [1.807, 2.05) is 22.8 Å². The first-order valence-electron chi connectivity index (χ1n) is 6.25. The lowest BCUT2D eigenvalue weighted by molar-refractivity contribution is 0.242. The van der Waals surface area contributed by atoms with Gasteiger partial charge in [-0.05, 0) is 12.1 Å². The largest absolute Gasteiger partial charge is 0.314 e. The van der Waals surface area contributed by atoms with E-state index in [0.717, 1.165) is 55.1 Å². The molecule has 0 unspecified atom stereocenters. The van der Waals surface area contributed by atoms with Crippen LogP contribution < -0.4 is 5.32 Å². The van der Waals surface area contributed by atoms with E-state index < -0.39 is 0 Å². The molecule has 1 fully saturated rings. The molecule has 1 saturated heterocycles. The van der Waals surface area contributed by atoms with Gasteiger partial charge in [0.1, 0.15) is 0 Å². The second-order valence-electron chi connectivity index (χ2n) is 4.52. The van der Waals surface area contributed by atoms with Gasteiger partial charge in [0.25, 0.3) is 0 Å². The maximum absolute atomic E-state index is 4.54. The highest BCUT2D eigenvalue weighted by molar-refractivity contribution is 9.10. The van der Waals surface area contributed by atoms with Gasteiger partial charge in [-0.1, -0.05) is 15.9 Å². The number of nitrogens with zero attached hydrogens (tertiary/aromatic N) is 4. The average molecular weight is 310 g/mol. The van der Waals surface area contributed by atoms with Gasteiger partial charge >= 0.3 is 0 Å². The summed E-state index contributed by atoms with van der Waals surface area (Å²) in [6.45, 7) is 5.47. The smallest absolute Gasteiger partial charge is 0.156 e. The topological polar surface area (TPSA) is 45.5 Å². The molecule has 0 atom stereocenters. The molecule has 1 aliphatic rings. The summed E-state index contributed by atoms with van der Waals surface area (Å²) in [5, 5.41) is 7.84. The van der Waals surface area contributed by atoms with Crippen molar-refractivity contribution in [1.82, 2.24) is 24.8 Å². The standard InChI is InChI=1S/C12H16BrN5/c13-10-1-6-18-12(9-10)15-11(16-18)2-5-17-7-3-14-4-8-17/h1,6,9,14H,2-5,7-8H2. The SMILES string of the molecule is Brc1ccn2nc(CCN3CCNCC3)nc2c1. The number of rotatable bonds is 3. The van der Waals surface area contributed by atoms with Crippen molar-refractivity contribution in [2.75, 3.05) is 32.7 Å². The molecule has 1 aliphatic heterocycles. The Bertz CT molecular complexity index is 532. The molecule has 0 saturated carbocycles. The van der Waals surface area contributed by atoms with Crippen LogP contribution >= 0.6 is 15.9 Å². The highest BCUT2D eigenvalue weighted by atomic mass is 79.9. The molecular formula is C12H16BrN5. The Morgan fingerprint density at radius 2 is 2.17 bits per heavy atom. The molecular weight excluding hydrogens is 294 g/mol. The van der Waals surface area contributed by atoms with Gasteiger partial charge < -0.3 is 10.2 Å². The molecule has 0 radical (unpaired) electrons. The number of pyridine rings is 1. The van der Waals surface area contributed by atoms with Crippen LogP contribution in [0.4, 0.5) is 0 Å². The van der Waals surface area contributed by atoms with Crippen LogP contribution in [-0.4, -0.2) is 52.2 Å². The molecule has 0 aliphatic carbocycles. The van der Waals surface area contributed by atoms with Gasteiger partial charge in [0.15, 0.2) is 11.5 Å². The van der Waals surface area contributed by atoms with Gasteiger partial charge in [0.05, 0.1) is 0 Å². The Morgan fingerprint density at radius 1 is 1.33 bits per heavy atom. The minimum atomic E-state index is 0.902. The Kier molecular flexibility index (Phi) is 3.58. The number of hydrogen-bond acceptors (Lipinski definition) is 4. The second-order valence-corrected chi connectivity index (χ2v) is 5.43. The number of aromatic nitrogens is 3. The maximum Gasteiger partial charge on any atom is 0.156 e. The second kappa shape index (κ2) is 5.34. The minimum absolute atomic E-state index is 0.902. The predicted octanol–water partition coefficient (Wildman–Crippen LogP) is 0.939. The van der Waals surface area contributed by atoms with E-state index in [1.165, 1.54) is 0 Å². The third-order valence-corrected chi connectivity index (χ3v) is 3.70. The summed E-state index contributed by atoms with van der Waals surface area (Å²) in [5.74, 6) is 0.923. The Hall–Kier alpha value is -0.980. The van der Waals surface area contributed by atoms with Crippen LogP contribution in [0.5, 0.6) is 0 Å². The molecule has 2 aromatic heterocycles. The molecule has 1 N–H and O–H groups in total. The van der Waals surface area contributed by atoms with Gasteiger partial charge in [0, 0.05) is 49.8 Å². The van der Waals surface area contributed by atoms with Gasteiger partial charge in [-0.3, -0.25) is 0 Å². The number of fused-ring (bicyclic) bond motifs is 1. The highest BCUT2D eigenvalue weighted by Crippen LogP contribution is 2.11. The highest BCUT2D eigenvalue weighted by Gasteiger charge is 2.11. The first-order chi connectivity index (χ1) is 8.81. The van der Waals surface area contributed by atoms with Crippen molar-refractivity contribution in [3.63, 3.8) is 0 Å². The lowest BCUT2D eigenvalue weighted by Gasteiger charge is -2.26. The summed E-state index contributed by atoms with van der Waals surface area (Å²) in [7, 11) is 0. The van der Waals surface area contributed by atoms with Crippen LogP contribution in [0.3, 0.4) is 0 Å². The van der Waals surface area contributed by atoms with E-state index >= 15 is 0 Å². The van der Waals surface area contributed by atoms with E-state index in [1.54, 1.807) is 0 Å². The zero-order valence-corrected chi connectivity index (χ0v) is 11.7. The summed E-state index contributed by atoms with van der Waals surface area (Å²) in [4.78, 5) is 6.99. The lowest BCUT2D eigenvalue weighted by atomic mass is 10.3. The molecule has 2 aromatic rings. The molecule has 0 aromatic carbocycles. The first kappa shape index (κ1) is 12.1. The van der Waals surface area contributed by atoms with Crippen LogP contribution in [0.25, 0.3) is 5.65 Å². The summed E-state index contributed by atoms with van der Waals surface area (Å²) >= 11 is 3.45. The van der Waals surface area contributed by atoms with Gasteiger partial charge in [-0.15, -0.1) is 0 Å². The molecule has 3 rings (SSSR count). The molecule has 18 heavy (non-hydrogen) atoms. The summed E-state index contributed by atoms with van der Waals surface area (Å²) < 4.78 is 2.87. The molecule has 96 valence electrons. The Balaban J connectivity index is 1.67. The average Bonchev–Trinajstić information content (AvgIpc) is 2.79. The van der Waals surface area contributed by atoms with E-state index in [-0.39, 0.29) is 0 Å². The van der Waals surface area contributed by atoms with Crippen molar-refractivity contribution in [2.24, 2.45) is 0 Å². The fourth-order valence-corrected chi connectivity index (χ4v) is 2.52. The number of hydrogen-bond donors (Lipinski definition) is 1. The molecule has 5 nitrogen and oxygen atoms in total. The Morgan fingerprint density at radius 3 is 3.00 bits per heavy atom. The first-order valence-corrected chi connectivity index (χ1v) is 7.04. The fourth-order valence-electron chi connectivity index (χ4n) is 2.20. The van der Waals surface area contributed by atoms with Crippen LogP contribution in [0.2, 0.25) is 0 Å². The van der Waals surface area contributed by atoms with Crippen molar-refractivity contribution < 1.29 is 0 Å². The normalized spacial score (nSPS) is 17.4. The molecule has 0 spiro atoms. The van der Waals surface area contributed by atoms with Gasteiger partial charge in [0.2, 0.25) is 0 Å². The Labute approximate surface area is 114 Å². The van der Waals surface area contributed by atoms with Gasteiger partial charge in [-0.25, -0.2) is 9.50 Å². The van der Waals surface area contributed by atoms with Crippen LogP contribution in [0.15, 0.2) is 22.8 Å². The van der Waals surface area contributed by atoms with Crippen molar-refractivity contribution in [1.29, 1.82) is 0 Å². The van der Waals surface area contributed by atoms with E-state index in [0.29, 0.717) is 0 Å². The summed E-state index contributed by atoms with van der Waals surface area (Å²) in [6, 6.07) is 3.96. The van der Waals surface area contributed by atoms with Gasteiger partial charge in [-0.2, -0.15) is 5.10 Å². The zero-order valence-electron chi connectivity index (χ0n) is 10.1. The fraction of sp³-hybridized carbons (Fsp3) is 0.500. The van der Waals surface area contributed by atoms with Crippen LogP contribution in [0.1, 0.15) is 5.82 Å². The summed E-state index contributed by atoms with van der Waals surface area (Å²) in [6.07, 6.45) is 2.85. The molecule has 0 bridgehead atoms. The quantitative estimate of drug-likeness (QED) is 0.916. The van der Waals surface area contributed by atoms with Crippen molar-refractivity contribution in [3.05, 3.63) is 28.6 Å². The number of piperazine rings is 1. The number of halogens is 1. The monoisotopic (exact) mass is 309 g/mol. The molecule has 3 heterocycles. The lowest BCUT2D eigenvalue weighted by Crippen LogP contribution is -2.44. The molecule has 6 heteroatoms. The maximum atomic E-state index is 4.54. The van der Waals surface area contributed by atoms with Crippen LogP contribution in [0, 0.1) is 0 Å². The number of nitrogens with one attached hydrogen (secondary N) is 1. The third kappa shape index (κ3) is 2.71. The third-order valence-electron chi connectivity index (χ3n) is 3.20. The van der Waals surface area contributed by atoms with Crippen molar-refractivity contribution in [2.45, 2.75) is 6.42 Å².